The quantitative estimate of drug-likeness (QED) is 0.580. The van der Waals surface area contributed by atoms with Gasteiger partial charge in [0.05, 0.1) is 13.2 Å². The molecule has 0 unspecified atom stereocenters. The standard InChI is InChI=1S/C12H25N3O3/c1-4-5-15(6-7-16)9-11(17)14-12(18)13-8-10(2)3/h10,16H,4-9H2,1-3H3,(H2,13,14,17,18). The zero-order chi connectivity index (χ0) is 14.0. The minimum Gasteiger partial charge on any atom is -0.395 e. The summed E-state index contributed by atoms with van der Waals surface area (Å²) in [5.41, 5.74) is 0. The number of aliphatic hydroxyl groups excluding tert-OH is 1. The van der Waals surface area contributed by atoms with E-state index < -0.39 is 6.03 Å². The molecule has 0 saturated carbocycles. The second-order valence-corrected chi connectivity index (χ2v) is 4.65. The van der Waals surface area contributed by atoms with E-state index in [4.69, 9.17) is 5.11 Å². The minimum atomic E-state index is -0.464. The van der Waals surface area contributed by atoms with E-state index in [-0.39, 0.29) is 19.1 Å². The van der Waals surface area contributed by atoms with Gasteiger partial charge >= 0.3 is 6.03 Å². The predicted molar refractivity (Wildman–Crippen MR) is 70.2 cm³/mol. The highest BCUT2D eigenvalue weighted by atomic mass is 16.3. The van der Waals surface area contributed by atoms with E-state index in [0.717, 1.165) is 13.0 Å². The van der Waals surface area contributed by atoms with Crippen molar-refractivity contribution < 1.29 is 14.7 Å². The highest BCUT2D eigenvalue weighted by Crippen LogP contribution is 1.91. The molecule has 6 nitrogen and oxygen atoms in total. The van der Waals surface area contributed by atoms with Crippen molar-refractivity contribution in [3.63, 3.8) is 0 Å². The van der Waals surface area contributed by atoms with Gasteiger partial charge in [0.15, 0.2) is 0 Å². The summed E-state index contributed by atoms with van der Waals surface area (Å²) in [6.45, 7) is 7.79. The van der Waals surface area contributed by atoms with Gasteiger partial charge in [-0.3, -0.25) is 15.0 Å². The topological polar surface area (TPSA) is 81.7 Å². The first-order valence-electron chi connectivity index (χ1n) is 6.40. The number of carbonyl (C=O) groups excluding carboxylic acids is 2. The summed E-state index contributed by atoms with van der Waals surface area (Å²) in [5.74, 6) is -0.00464. The summed E-state index contributed by atoms with van der Waals surface area (Å²) >= 11 is 0. The van der Waals surface area contributed by atoms with E-state index in [2.05, 4.69) is 10.6 Å². The van der Waals surface area contributed by atoms with Gasteiger partial charge in [-0.15, -0.1) is 0 Å². The maximum absolute atomic E-state index is 11.6. The normalized spacial score (nSPS) is 10.8. The van der Waals surface area contributed by atoms with Crippen LogP contribution in [0.4, 0.5) is 4.79 Å². The Balaban J connectivity index is 3.95. The van der Waals surface area contributed by atoms with E-state index in [9.17, 15) is 9.59 Å². The maximum atomic E-state index is 11.6. The van der Waals surface area contributed by atoms with E-state index in [1.54, 1.807) is 0 Å². The molecule has 3 N–H and O–H groups in total. The van der Waals surface area contributed by atoms with Gasteiger partial charge < -0.3 is 10.4 Å². The monoisotopic (exact) mass is 259 g/mol. The summed E-state index contributed by atoms with van der Waals surface area (Å²) in [6, 6.07) is -0.464. The van der Waals surface area contributed by atoms with E-state index in [1.165, 1.54) is 0 Å². The zero-order valence-electron chi connectivity index (χ0n) is 11.5. The maximum Gasteiger partial charge on any atom is 0.321 e. The highest BCUT2D eigenvalue weighted by Gasteiger charge is 2.12. The lowest BCUT2D eigenvalue weighted by Crippen LogP contribution is -2.45. The van der Waals surface area contributed by atoms with Crippen LogP contribution in [0, 0.1) is 5.92 Å². The molecule has 18 heavy (non-hydrogen) atoms. The average Bonchev–Trinajstić information content (AvgIpc) is 2.26. The molecule has 0 aliphatic carbocycles. The van der Waals surface area contributed by atoms with Gasteiger partial charge in [0.25, 0.3) is 0 Å². The lowest BCUT2D eigenvalue weighted by Gasteiger charge is -2.19. The molecule has 0 aliphatic rings. The first-order valence-corrected chi connectivity index (χ1v) is 6.40. The van der Waals surface area contributed by atoms with Crippen LogP contribution < -0.4 is 10.6 Å². The van der Waals surface area contributed by atoms with Crippen molar-refractivity contribution in [3.05, 3.63) is 0 Å². The van der Waals surface area contributed by atoms with Gasteiger partial charge in [-0.05, 0) is 18.9 Å². The molecule has 0 rings (SSSR count). The second-order valence-electron chi connectivity index (χ2n) is 4.65. The fourth-order valence-electron chi connectivity index (χ4n) is 1.44. The van der Waals surface area contributed by atoms with Gasteiger partial charge in [-0.25, -0.2) is 4.79 Å². The lowest BCUT2D eigenvalue weighted by atomic mass is 10.2. The number of nitrogens with one attached hydrogen (secondary N) is 2. The summed E-state index contributed by atoms with van der Waals surface area (Å²) < 4.78 is 0. The van der Waals surface area contributed by atoms with Crippen LogP contribution in [0.5, 0.6) is 0 Å². The molecule has 0 fully saturated rings. The Morgan fingerprint density at radius 2 is 1.94 bits per heavy atom. The van der Waals surface area contributed by atoms with Crippen molar-refractivity contribution in [1.29, 1.82) is 0 Å². The number of rotatable bonds is 8. The van der Waals surface area contributed by atoms with Crippen molar-refractivity contribution in [3.8, 4) is 0 Å². The molecule has 0 aliphatic heterocycles. The molecular weight excluding hydrogens is 234 g/mol. The van der Waals surface area contributed by atoms with E-state index in [1.807, 2.05) is 25.7 Å². The molecule has 0 heterocycles. The lowest BCUT2D eigenvalue weighted by molar-refractivity contribution is -0.121. The molecule has 106 valence electrons. The molecule has 0 atom stereocenters. The Labute approximate surface area is 109 Å². The average molecular weight is 259 g/mol. The molecule has 0 aromatic rings. The van der Waals surface area contributed by atoms with Gasteiger partial charge in [0.2, 0.25) is 5.91 Å². The number of nitrogens with zero attached hydrogens (tertiary/aromatic N) is 1. The Hall–Kier alpha value is -1.14. The third-order valence-electron chi connectivity index (χ3n) is 2.25. The molecule has 0 aromatic carbocycles. The highest BCUT2D eigenvalue weighted by molar-refractivity contribution is 5.95. The number of imide groups is 1. The number of hydrogen-bond donors (Lipinski definition) is 3. The number of urea groups is 1. The molecule has 0 radical (unpaired) electrons. The summed E-state index contributed by atoms with van der Waals surface area (Å²) in [6.07, 6.45) is 0.896. The number of carbonyl (C=O) groups is 2. The minimum absolute atomic E-state index is 0.00677. The van der Waals surface area contributed by atoms with Crippen LogP contribution in [0.2, 0.25) is 0 Å². The fourth-order valence-corrected chi connectivity index (χ4v) is 1.44. The molecule has 3 amide bonds. The van der Waals surface area contributed by atoms with Crippen molar-refractivity contribution in [2.24, 2.45) is 5.92 Å². The van der Waals surface area contributed by atoms with Gasteiger partial charge in [0, 0.05) is 13.1 Å². The molecule has 6 heteroatoms. The zero-order valence-corrected chi connectivity index (χ0v) is 11.5. The Morgan fingerprint density at radius 1 is 1.28 bits per heavy atom. The smallest absolute Gasteiger partial charge is 0.321 e. The van der Waals surface area contributed by atoms with Crippen LogP contribution in [-0.2, 0) is 4.79 Å². The predicted octanol–water partition coefficient (Wildman–Crippen LogP) is 0.173. The molecular formula is C12H25N3O3. The first kappa shape index (κ1) is 16.9. The Morgan fingerprint density at radius 3 is 2.44 bits per heavy atom. The SMILES string of the molecule is CCCN(CCO)CC(=O)NC(=O)NCC(C)C. The molecule has 0 bridgehead atoms. The van der Waals surface area contributed by atoms with Gasteiger partial charge in [0.1, 0.15) is 0 Å². The Kier molecular flexibility index (Phi) is 9.22. The van der Waals surface area contributed by atoms with Crippen LogP contribution in [0.1, 0.15) is 27.2 Å². The Bertz CT molecular complexity index is 251. The number of hydrogen-bond acceptors (Lipinski definition) is 4. The number of amides is 3. The van der Waals surface area contributed by atoms with Crippen molar-refractivity contribution in [2.45, 2.75) is 27.2 Å². The van der Waals surface area contributed by atoms with Crippen molar-refractivity contribution in [2.75, 3.05) is 32.8 Å². The van der Waals surface area contributed by atoms with Gasteiger partial charge in [-0.2, -0.15) is 0 Å². The third-order valence-corrected chi connectivity index (χ3v) is 2.25. The number of aliphatic hydroxyl groups is 1. The largest absolute Gasteiger partial charge is 0.395 e. The van der Waals surface area contributed by atoms with Crippen molar-refractivity contribution in [1.82, 2.24) is 15.5 Å². The molecule has 0 aromatic heterocycles. The first-order chi connectivity index (χ1) is 8.49. The summed E-state index contributed by atoms with van der Waals surface area (Å²) in [4.78, 5) is 24.7. The van der Waals surface area contributed by atoms with Crippen LogP contribution in [-0.4, -0.2) is 54.7 Å². The molecule has 0 saturated heterocycles. The summed E-state index contributed by atoms with van der Waals surface area (Å²) in [7, 11) is 0. The third kappa shape index (κ3) is 8.95. The van der Waals surface area contributed by atoms with E-state index in [0.29, 0.717) is 19.0 Å². The fraction of sp³-hybridized carbons (Fsp3) is 0.833. The second kappa shape index (κ2) is 9.85. The van der Waals surface area contributed by atoms with Crippen LogP contribution in [0.15, 0.2) is 0 Å². The van der Waals surface area contributed by atoms with Crippen molar-refractivity contribution >= 4 is 11.9 Å². The van der Waals surface area contributed by atoms with Gasteiger partial charge in [-0.1, -0.05) is 20.8 Å². The van der Waals surface area contributed by atoms with Crippen LogP contribution >= 0.6 is 0 Å². The summed E-state index contributed by atoms with van der Waals surface area (Å²) in [5, 5.41) is 13.7. The van der Waals surface area contributed by atoms with Crippen LogP contribution in [0.25, 0.3) is 0 Å². The molecule has 0 spiro atoms. The van der Waals surface area contributed by atoms with E-state index >= 15 is 0 Å². The van der Waals surface area contributed by atoms with Crippen LogP contribution in [0.3, 0.4) is 0 Å².